The number of hydrogen-bond acceptors (Lipinski definition) is 4. The Kier molecular flexibility index (Phi) is 4.48. The fraction of sp³-hybridized carbons (Fsp3) is 0.300. The summed E-state index contributed by atoms with van der Waals surface area (Å²) in [5.41, 5.74) is 2.15. The maximum atomic E-state index is 11.8. The van der Waals surface area contributed by atoms with Crippen molar-refractivity contribution >= 4 is 16.5 Å². The van der Waals surface area contributed by atoms with E-state index in [1.165, 1.54) is 6.42 Å². The number of H-pyrrole nitrogens is 1. The van der Waals surface area contributed by atoms with Crippen molar-refractivity contribution < 1.29 is 0 Å². The second-order valence-electron chi connectivity index (χ2n) is 6.65. The van der Waals surface area contributed by atoms with Crippen LogP contribution in [0.3, 0.4) is 0 Å². The highest BCUT2D eigenvalue weighted by molar-refractivity contribution is 5.84. The number of pyridine rings is 2. The third kappa shape index (κ3) is 3.72. The van der Waals surface area contributed by atoms with Crippen molar-refractivity contribution in [3.63, 3.8) is 0 Å². The highest BCUT2D eigenvalue weighted by atomic mass is 16.1. The minimum absolute atomic E-state index is 0.0387. The Morgan fingerprint density at radius 3 is 3.08 bits per heavy atom. The summed E-state index contributed by atoms with van der Waals surface area (Å²) >= 11 is 0. The minimum Gasteiger partial charge on any atom is -0.381 e. The lowest BCUT2D eigenvalue weighted by molar-refractivity contribution is 0.206. The van der Waals surface area contributed by atoms with Gasteiger partial charge in [-0.05, 0) is 61.2 Å². The van der Waals surface area contributed by atoms with Gasteiger partial charge in [0.05, 0.1) is 5.69 Å². The summed E-state index contributed by atoms with van der Waals surface area (Å²) in [6, 6.07) is 14.4. The number of rotatable bonds is 4. The van der Waals surface area contributed by atoms with Gasteiger partial charge in [-0.15, -0.1) is 0 Å². The second kappa shape index (κ2) is 7.07. The number of aromatic nitrogens is 2. The molecule has 1 fully saturated rings. The number of piperidine rings is 1. The van der Waals surface area contributed by atoms with Crippen LogP contribution >= 0.6 is 0 Å². The van der Waals surface area contributed by atoms with Crippen LogP contribution in [0.4, 0.5) is 5.69 Å². The zero-order valence-corrected chi connectivity index (χ0v) is 14.1. The first-order valence-corrected chi connectivity index (χ1v) is 8.78. The molecule has 1 atom stereocenters. The quantitative estimate of drug-likeness (QED) is 0.770. The molecule has 25 heavy (non-hydrogen) atoms. The number of nitrogens with one attached hydrogen (secondary N) is 2. The molecule has 1 aliphatic rings. The molecule has 0 unspecified atom stereocenters. The third-order valence-electron chi connectivity index (χ3n) is 4.76. The molecule has 0 aliphatic carbocycles. The van der Waals surface area contributed by atoms with E-state index in [1.54, 1.807) is 6.20 Å². The molecule has 1 aliphatic heterocycles. The normalized spacial score (nSPS) is 18.3. The smallest absolute Gasteiger partial charge is 0.255 e. The molecule has 5 nitrogen and oxygen atoms in total. The van der Waals surface area contributed by atoms with E-state index >= 15 is 0 Å². The Morgan fingerprint density at radius 2 is 2.20 bits per heavy atom. The van der Waals surface area contributed by atoms with Gasteiger partial charge in [-0.2, -0.15) is 0 Å². The van der Waals surface area contributed by atoms with Crippen LogP contribution in [-0.4, -0.2) is 34.0 Å². The van der Waals surface area contributed by atoms with Crippen molar-refractivity contribution in [1.29, 1.82) is 0 Å². The number of anilines is 1. The molecule has 1 aromatic carbocycles. The first-order valence-electron chi connectivity index (χ1n) is 8.78. The summed E-state index contributed by atoms with van der Waals surface area (Å²) in [4.78, 5) is 21.4. The van der Waals surface area contributed by atoms with Crippen molar-refractivity contribution in [3.05, 3.63) is 70.9 Å². The van der Waals surface area contributed by atoms with Gasteiger partial charge in [0.2, 0.25) is 0 Å². The topological polar surface area (TPSA) is 61.0 Å². The maximum Gasteiger partial charge on any atom is 0.255 e. The predicted molar refractivity (Wildman–Crippen MR) is 101 cm³/mol. The number of aromatic amines is 1. The highest BCUT2D eigenvalue weighted by Gasteiger charge is 2.20. The molecule has 0 radical (unpaired) electrons. The van der Waals surface area contributed by atoms with Crippen molar-refractivity contribution in [2.24, 2.45) is 0 Å². The molecule has 0 spiro atoms. The Labute approximate surface area is 146 Å². The van der Waals surface area contributed by atoms with Gasteiger partial charge in [0.15, 0.2) is 0 Å². The van der Waals surface area contributed by atoms with Crippen LogP contribution in [0.1, 0.15) is 18.5 Å². The molecule has 128 valence electrons. The number of likely N-dealkylation sites (tertiary alicyclic amines) is 1. The number of nitrogens with zero attached hydrogens (tertiary/aromatic N) is 2. The van der Waals surface area contributed by atoms with Crippen LogP contribution in [0.25, 0.3) is 10.8 Å². The SMILES string of the molecule is O=c1[nH]ccc2cc(N[C@@H]3CCCN(Cc4ccccn4)C3)ccc12. The Bertz CT molecular complexity index is 906. The number of benzene rings is 1. The van der Waals surface area contributed by atoms with Crippen LogP contribution in [-0.2, 0) is 6.54 Å². The van der Waals surface area contributed by atoms with Gasteiger partial charge in [-0.1, -0.05) is 6.07 Å². The fourth-order valence-electron chi connectivity index (χ4n) is 3.56. The molecule has 5 heteroatoms. The first-order chi connectivity index (χ1) is 12.3. The summed E-state index contributed by atoms with van der Waals surface area (Å²) < 4.78 is 0. The summed E-state index contributed by atoms with van der Waals surface area (Å²) in [6.45, 7) is 3.01. The fourth-order valence-corrected chi connectivity index (χ4v) is 3.56. The summed E-state index contributed by atoms with van der Waals surface area (Å²) in [7, 11) is 0. The second-order valence-corrected chi connectivity index (χ2v) is 6.65. The molecule has 2 aromatic heterocycles. The first kappa shape index (κ1) is 15.8. The molecule has 3 heterocycles. The van der Waals surface area contributed by atoms with Crippen LogP contribution < -0.4 is 10.9 Å². The molecule has 0 amide bonds. The molecular formula is C20H22N4O. The predicted octanol–water partition coefficient (Wildman–Crippen LogP) is 3.00. The van der Waals surface area contributed by atoms with Crippen molar-refractivity contribution in [3.8, 4) is 0 Å². The van der Waals surface area contributed by atoms with Gasteiger partial charge in [0.1, 0.15) is 0 Å². The lowest BCUT2D eigenvalue weighted by Crippen LogP contribution is -2.41. The molecule has 2 N–H and O–H groups in total. The number of hydrogen-bond donors (Lipinski definition) is 2. The van der Waals surface area contributed by atoms with Gasteiger partial charge in [-0.3, -0.25) is 14.7 Å². The Morgan fingerprint density at radius 1 is 1.24 bits per heavy atom. The minimum atomic E-state index is -0.0387. The zero-order valence-electron chi connectivity index (χ0n) is 14.1. The van der Waals surface area contributed by atoms with Crippen molar-refractivity contribution in [1.82, 2.24) is 14.9 Å². The van der Waals surface area contributed by atoms with Gasteiger partial charge < -0.3 is 10.3 Å². The molecule has 3 aromatic rings. The van der Waals surface area contributed by atoms with E-state index in [0.717, 1.165) is 48.2 Å². The van der Waals surface area contributed by atoms with E-state index in [4.69, 9.17) is 0 Å². The van der Waals surface area contributed by atoms with Crippen molar-refractivity contribution in [2.45, 2.75) is 25.4 Å². The molecular weight excluding hydrogens is 312 g/mol. The Balaban J connectivity index is 1.44. The lowest BCUT2D eigenvalue weighted by atomic mass is 10.0. The summed E-state index contributed by atoms with van der Waals surface area (Å²) in [5, 5.41) is 5.33. The van der Waals surface area contributed by atoms with Crippen LogP contribution in [0.15, 0.2) is 59.7 Å². The van der Waals surface area contributed by atoms with E-state index in [9.17, 15) is 4.79 Å². The molecule has 1 saturated heterocycles. The van der Waals surface area contributed by atoms with Crippen molar-refractivity contribution in [2.75, 3.05) is 18.4 Å². The lowest BCUT2D eigenvalue weighted by Gasteiger charge is -2.33. The highest BCUT2D eigenvalue weighted by Crippen LogP contribution is 2.20. The largest absolute Gasteiger partial charge is 0.381 e. The summed E-state index contributed by atoms with van der Waals surface area (Å²) in [6.07, 6.45) is 5.89. The molecule has 4 rings (SSSR count). The standard InChI is InChI=1S/C20H22N4O/c25-20-19-7-6-16(12-15(19)8-10-22-20)23-18-5-3-11-24(14-18)13-17-4-1-2-9-21-17/h1-2,4,6-10,12,18,23H,3,5,11,13-14H2,(H,22,25)/t18-/m1/s1. The molecule has 0 saturated carbocycles. The van der Waals surface area contributed by atoms with E-state index < -0.39 is 0 Å². The third-order valence-corrected chi connectivity index (χ3v) is 4.76. The number of fused-ring (bicyclic) bond motifs is 1. The van der Waals surface area contributed by atoms with E-state index in [-0.39, 0.29) is 5.56 Å². The van der Waals surface area contributed by atoms with Gasteiger partial charge in [0.25, 0.3) is 5.56 Å². The average Bonchev–Trinajstić information content (AvgIpc) is 2.63. The van der Waals surface area contributed by atoms with Gasteiger partial charge >= 0.3 is 0 Å². The van der Waals surface area contributed by atoms with Crippen LogP contribution in [0.2, 0.25) is 0 Å². The van der Waals surface area contributed by atoms with Gasteiger partial charge in [-0.25, -0.2) is 0 Å². The van der Waals surface area contributed by atoms with Crippen LogP contribution in [0.5, 0.6) is 0 Å². The Hall–Kier alpha value is -2.66. The van der Waals surface area contributed by atoms with E-state index in [0.29, 0.717) is 6.04 Å². The van der Waals surface area contributed by atoms with Gasteiger partial charge in [0, 0.05) is 42.6 Å². The molecule has 0 bridgehead atoms. The zero-order chi connectivity index (χ0) is 17.1. The monoisotopic (exact) mass is 334 g/mol. The summed E-state index contributed by atoms with van der Waals surface area (Å²) in [5.74, 6) is 0. The maximum absolute atomic E-state index is 11.8. The van der Waals surface area contributed by atoms with E-state index in [1.807, 2.05) is 36.5 Å². The average molecular weight is 334 g/mol. The van der Waals surface area contributed by atoms with Crippen LogP contribution in [0, 0.1) is 0 Å². The van der Waals surface area contributed by atoms with E-state index in [2.05, 4.69) is 32.3 Å².